The number of nitrogens with one attached hydrogen (secondary N) is 2. The fourth-order valence-corrected chi connectivity index (χ4v) is 3.00. The predicted molar refractivity (Wildman–Crippen MR) is 88.3 cm³/mol. The molecule has 0 radical (unpaired) electrons. The normalized spacial score (nSPS) is 11.2. The van der Waals surface area contributed by atoms with E-state index in [0.29, 0.717) is 11.3 Å². The molecule has 1 aromatic heterocycles. The molecule has 2 aromatic carbocycles. The van der Waals surface area contributed by atoms with E-state index in [4.69, 9.17) is 4.42 Å². The molecule has 0 fully saturated rings. The molecule has 128 valence electrons. The number of amides is 1. The molecule has 0 saturated carbocycles. The van der Waals surface area contributed by atoms with Crippen molar-refractivity contribution in [3.63, 3.8) is 0 Å². The van der Waals surface area contributed by atoms with Crippen LogP contribution in [0.2, 0.25) is 0 Å². The lowest BCUT2D eigenvalue weighted by molar-refractivity contribution is 0.0941. The van der Waals surface area contributed by atoms with Gasteiger partial charge >= 0.3 is 0 Å². The fraction of sp³-hybridized carbons (Fsp3) is 0. The average molecular weight is 360 g/mol. The first-order valence-electron chi connectivity index (χ1n) is 7.18. The molecule has 8 heteroatoms. The zero-order valence-electron chi connectivity index (χ0n) is 12.8. The van der Waals surface area contributed by atoms with Gasteiger partial charge in [0.15, 0.2) is 0 Å². The van der Waals surface area contributed by atoms with E-state index in [1.165, 1.54) is 30.5 Å². The number of rotatable bonds is 5. The van der Waals surface area contributed by atoms with Crippen LogP contribution in [0, 0.1) is 5.82 Å². The summed E-state index contributed by atoms with van der Waals surface area (Å²) < 4.78 is 43.3. The van der Waals surface area contributed by atoms with Crippen LogP contribution in [0.25, 0.3) is 11.3 Å². The van der Waals surface area contributed by atoms with Gasteiger partial charge in [0.1, 0.15) is 11.6 Å². The average Bonchev–Trinajstić information content (AvgIpc) is 3.15. The first-order chi connectivity index (χ1) is 12.0. The predicted octanol–water partition coefficient (Wildman–Crippen LogP) is 2.71. The van der Waals surface area contributed by atoms with Crippen molar-refractivity contribution in [2.24, 2.45) is 0 Å². The molecule has 1 amide bonds. The Morgan fingerprint density at radius 1 is 1.00 bits per heavy atom. The smallest absolute Gasteiger partial charge is 0.269 e. The molecule has 0 aliphatic heterocycles. The standard InChI is InChI=1S/C17H13FN2O4S/c18-15-9-8-12(16-7-4-10-24-16)11-14(15)17(21)19-20-25(22,23)13-5-2-1-3-6-13/h1-11,20H,(H,19,21). The van der Waals surface area contributed by atoms with Crippen LogP contribution in [0.1, 0.15) is 10.4 Å². The van der Waals surface area contributed by atoms with Crippen LogP contribution < -0.4 is 10.3 Å². The lowest BCUT2D eigenvalue weighted by Crippen LogP contribution is -2.41. The summed E-state index contributed by atoms with van der Waals surface area (Å²) in [7, 11) is -3.95. The number of carbonyl (C=O) groups excluding carboxylic acids is 1. The monoisotopic (exact) mass is 360 g/mol. The van der Waals surface area contributed by atoms with E-state index in [9.17, 15) is 17.6 Å². The summed E-state index contributed by atoms with van der Waals surface area (Å²) in [5, 5.41) is 0. The second kappa shape index (κ2) is 6.88. The fourth-order valence-electron chi connectivity index (χ4n) is 2.13. The van der Waals surface area contributed by atoms with E-state index in [-0.39, 0.29) is 10.5 Å². The highest BCUT2D eigenvalue weighted by molar-refractivity contribution is 7.89. The van der Waals surface area contributed by atoms with Gasteiger partial charge in [-0.3, -0.25) is 10.2 Å². The zero-order valence-corrected chi connectivity index (χ0v) is 13.6. The first kappa shape index (κ1) is 16.9. The van der Waals surface area contributed by atoms with Crippen molar-refractivity contribution in [1.82, 2.24) is 10.3 Å². The van der Waals surface area contributed by atoms with Gasteiger partial charge in [-0.15, -0.1) is 4.83 Å². The van der Waals surface area contributed by atoms with Crippen LogP contribution >= 0.6 is 0 Å². The van der Waals surface area contributed by atoms with Crippen molar-refractivity contribution < 1.29 is 22.0 Å². The highest BCUT2D eigenvalue weighted by atomic mass is 32.2. The topological polar surface area (TPSA) is 88.4 Å². The Kier molecular flexibility index (Phi) is 4.64. The van der Waals surface area contributed by atoms with Crippen LogP contribution in [-0.4, -0.2) is 14.3 Å². The summed E-state index contributed by atoms with van der Waals surface area (Å²) in [4.78, 5) is 14.1. The quantitative estimate of drug-likeness (QED) is 0.685. The third-order valence-corrected chi connectivity index (χ3v) is 4.63. The summed E-state index contributed by atoms with van der Waals surface area (Å²) in [6.45, 7) is 0. The second-order valence-corrected chi connectivity index (χ2v) is 6.73. The minimum atomic E-state index is -3.95. The number of hydrogen-bond acceptors (Lipinski definition) is 4. The van der Waals surface area contributed by atoms with Gasteiger partial charge in [-0.2, -0.15) is 0 Å². The highest BCUT2D eigenvalue weighted by Gasteiger charge is 2.18. The third kappa shape index (κ3) is 3.76. The number of furan rings is 1. The summed E-state index contributed by atoms with van der Waals surface area (Å²) in [6.07, 6.45) is 1.45. The molecule has 6 nitrogen and oxygen atoms in total. The van der Waals surface area contributed by atoms with Gasteiger partial charge in [0.25, 0.3) is 15.9 Å². The molecule has 0 spiro atoms. The molecule has 3 aromatic rings. The zero-order chi connectivity index (χ0) is 17.9. The van der Waals surface area contributed by atoms with Crippen LogP contribution in [0.4, 0.5) is 4.39 Å². The summed E-state index contributed by atoms with van der Waals surface area (Å²) in [5.41, 5.74) is 2.18. The molecule has 2 N–H and O–H groups in total. The molecule has 0 saturated heterocycles. The number of benzene rings is 2. The Morgan fingerprint density at radius 3 is 2.44 bits per heavy atom. The van der Waals surface area contributed by atoms with E-state index in [1.54, 1.807) is 30.3 Å². The SMILES string of the molecule is O=C(NNS(=O)(=O)c1ccccc1)c1cc(-c2ccco2)ccc1F. The van der Waals surface area contributed by atoms with E-state index in [2.05, 4.69) is 0 Å². The summed E-state index contributed by atoms with van der Waals surface area (Å²) in [5.74, 6) is -1.25. The highest BCUT2D eigenvalue weighted by Crippen LogP contribution is 2.22. The maximum atomic E-state index is 13.9. The largest absolute Gasteiger partial charge is 0.464 e. The number of hydrogen-bond donors (Lipinski definition) is 2. The molecule has 0 aliphatic carbocycles. The van der Waals surface area contributed by atoms with Gasteiger partial charge in [0, 0.05) is 5.56 Å². The molecular weight excluding hydrogens is 347 g/mol. The van der Waals surface area contributed by atoms with Gasteiger partial charge in [0.2, 0.25) is 0 Å². The Labute approximate surface area is 143 Å². The van der Waals surface area contributed by atoms with Crippen molar-refractivity contribution in [2.75, 3.05) is 0 Å². The lowest BCUT2D eigenvalue weighted by atomic mass is 10.1. The summed E-state index contributed by atoms with van der Waals surface area (Å²) in [6, 6.07) is 14.6. The van der Waals surface area contributed by atoms with Gasteiger partial charge in [-0.05, 0) is 42.5 Å². The van der Waals surface area contributed by atoms with Crippen molar-refractivity contribution in [1.29, 1.82) is 0 Å². The van der Waals surface area contributed by atoms with Crippen LogP contribution in [0.3, 0.4) is 0 Å². The Balaban J connectivity index is 1.79. The molecule has 0 unspecified atom stereocenters. The lowest BCUT2D eigenvalue weighted by Gasteiger charge is -2.09. The van der Waals surface area contributed by atoms with Gasteiger partial charge in [-0.25, -0.2) is 12.8 Å². The molecule has 3 rings (SSSR count). The van der Waals surface area contributed by atoms with E-state index in [0.717, 1.165) is 6.07 Å². The van der Waals surface area contributed by atoms with Crippen LogP contribution in [-0.2, 0) is 10.0 Å². The van der Waals surface area contributed by atoms with E-state index in [1.807, 2.05) is 10.3 Å². The van der Waals surface area contributed by atoms with Crippen molar-refractivity contribution in [2.45, 2.75) is 4.90 Å². The molecule has 25 heavy (non-hydrogen) atoms. The van der Waals surface area contributed by atoms with E-state index >= 15 is 0 Å². The van der Waals surface area contributed by atoms with Crippen molar-refractivity contribution >= 4 is 15.9 Å². The minimum absolute atomic E-state index is 0.0277. The van der Waals surface area contributed by atoms with Crippen molar-refractivity contribution in [3.05, 3.63) is 78.3 Å². The maximum absolute atomic E-state index is 13.9. The minimum Gasteiger partial charge on any atom is -0.464 e. The molecule has 0 aliphatic rings. The molecule has 0 bridgehead atoms. The number of carbonyl (C=O) groups is 1. The maximum Gasteiger partial charge on any atom is 0.269 e. The molecular formula is C17H13FN2O4S. The number of sulfonamides is 1. The van der Waals surface area contributed by atoms with Gasteiger partial charge < -0.3 is 4.42 Å². The van der Waals surface area contributed by atoms with Crippen LogP contribution in [0.5, 0.6) is 0 Å². The number of halogens is 1. The Bertz CT molecular complexity index is 987. The summed E-state index contributed by atoms with van der Waals surface area (Å²) >= 11 is 0. The van der Waals surface area contributed by atoms with Crippen LogP contribution in [0.15, 0.2) is 76.2 Å². The third-order valence-electron chi connectivity index (χ3n) is 3.37. The van der Waals surface area contributed by atoms with Crippen molar-refractivity contribution in [3.8, 4) is 11.3 Å². The first-order valence-corrected chi connectivity index (χ1v) is 8.66. The van der Waals surface area contributed by atoms with Gasteiger partial charge in [0.05, 0.1) is 16.7 Å². The Hall–Kier alpha value is -2.97. The molecule has 0 atom stereocenters. The second-order valence-electron chi connectivity index (χ2n) is 5.04. The van der Waals surface area contributed by atoms with Gasteiger partial charge in [-0.1, -0.05) is 18.2 Å². The Morgan fingerprint density at radius 2 is 1.76 bits per heavy atom. The number of hydrazine groups is 1. The molecule has 1 heterocycles. The van der Waals surface area contributed by atoms with E-state index < -0.39 is 21.7 Å².